The van der Waals surface area contributed by atoms with Crippen molar-refractivity contribution < 1.29 is 9.63 Å². The van der Waals surface area contributed by atoms with Gasteiger partial charge in [0.15, 0.2) is 0 Å². The molecule has 1 amide bonds. The minimum atomic E-state index is -0.136. The van der Waals surface area contributed by atoms with Crippen molar-refractivity contribution in [1.82, 2.24) is 10.4 Å². The first-order chi connectivity index (χ1) is 8.34. The van der Waals surface area contributed by atoms with Crippen molar-refractivity contribution >= 4 is 5.91 Å². The minimum absolute atomic E-state index is 0.0667. The van der Waals surface area contributed by atoms with E-state index in [0.717, 1.165) is 25.9 Å². The van der Waals surface area contributed by atoms with Gasteiger partial charge in [0.25, 0.3) is 5.91 Å². The van der Waals surface area contributed by atoms with Crippen molar-refractivity contribution in [3.8, 4) is 0 Å². The van der Waals surface area contributed by atoms with E-state index in [2.05, 4.69) is 17.4 Å². The molecule has 1 atom stereocenters. The summed E-state index contributed by atoms with van der Waals surface area (Å²) in [6, 6.07) is 8.13. The van der Waals surface area contributed by atoms with E-state index in [4.69, 9.17) is 4.84 Å². The lowest BCUT2D eigenvalue weighted by Crippen LogP contribution is -2.48. The third-order valence-corrected chi connectivity index (χ3v) is 3.38. The summed E-state index contributed by atoms with van der Waals surface area (Å²) in [5.41, 5.74) is 2.56. The zero-order valence-electron chi connectivity index (χ0n) is 9.69. The Balaban J connectivity index is 1.73. The molecule has 0 saturated carbocycles. The predicted molar refractivity (Wildman–Crippen MR) is 63.1 cm³/mol. The maximum Gasteiger partial charge on any atom is 0.263 e. The Labute approximate surface area is 101 Å². The Kier molecular flexibility index (Phi) is 2.82. The average molecular weight is 232 g/mol. The summed E-state index contributed by atoms with van der Waals surface area (Å²) in [5.74, 6) is 0.0667. The van der Waals surface area contributed by atoms with Crippen LogP contribution in [0.15, 0.2) is 24.3 Å². The van der Waals surface area contributed by atoms with Gasteiger partial charge in [-0.05, 0) is 24.0 Å². The van der Waals surface area contributed by atoms with Gasteiger partial charge in [0.1, 0.15) is 0 Å². The maximum absolute atomic E-state index is 12.1. The second-order valence-corrected chi connectivity index (χ2v) is 4.53. The molecule has 1 aromatic carbocycles. The third kappa shape index (κ3) is 2.06. The zero-order valence-corrected chi connectivity index (χ0v) is 9.69. The smallest absolute Gasteiger partial charge is 0.263 e. The molecule has 2 aliphatic rings. The van der Waals surface area contributed by atoms with E-state index >= 15 is 0 Å². The predicted octanol–water partition coefficient (Wildman–Crippen LogP) is 0.865. The maximum atomic E-state index is 12.1. The molecule has 0 unspecified atom stereocenters. The molecule has 1 saturated heterocycles. The Bertz CT molecular complexity index is 427. The first-order valence-corrected chi connectivity index (χ1v) is 6.09. The van der Waals surface area contributed by atoms with E-state index in [1.807, 2.05) is 12.1 Å². The van der Waals surface area contributed by atoms with Crippen molar-refractivity contribution in [3.63, 3.8) is 0 Å². The van der Waals surface area contributed by atoms with Gasteiger partial charge in [-0.3, -0.25) is 9.63 Å². The number of amides is 1. The number of fused-ring (bicyclic) bond motifs is 1. The van der Waals surface area contributed by atoms with Crippen LogP contribution in [-0.4, -0.2) is 30.2 Å². The molecule has 0 aliphatic carbocycles. The van der Waals surface area contributed by atoms with Crippen LogP contribution in [0.1, 0.15) is 17.5 Å². The first kappa shape index (κ1) is 10.7. The Hall–Kier alpha value is -1.39. The molecule has 1 aromatic rings. The molecule has 1 fully saturated rings. The lowest BCUT2D eigenvalue weighted by Gasteiger charge is -2.27. The summed E-state index contributed by atoms with van der Waals surface area (Å²) in [4.78, 5) is 17.4. The third-order valence-electron chi connectivity index (χ3n) is 3.38. The van der Waals surface area contributed by atoms with Crippen LogP contribution in [0.25, 0.3) is 0 Å². The molecule has 0 aromatic heterocycles. The number of rotatable bonds is 1. The number of hydrogen-bond donors (Lipinski definition) is 1. The molecule has 4 nitrogen and oxygen atoms in total. The largest absolute Gasteiger partial charge is 0.301 e. The van der Waals surface area contributed by atoms with Crippen molar-refractivity contribution in [2.45, 2.75) is 25.4 Å². The lowest BCUT2D eigenvalue weighted by atomic mass is 9.95. The Morgan fingerprint density at radius 3 is 2.94 bits per heavy atom. The number of hydroxylamine groups is 2. The molecule has 2 heterocycles. The average Bonchev–Trinajstić information content (AvgIpc) is 2.91. The molecule has 0 spiro atoms. The normalized spacial score (nSPS) is 23.5. The summed E-state index contributed by atoms with van der Waals surface area (Å²) >= 11 is 0. The number of hydrogen-bond acceptors (Lipinski definition) is 3. The second-order valence-electron chi connectivity index (χ2n) is 4.53. The number of carbonyl (C=O) groups excluding carboxylic acids is 1. The fourth-order valence-electron chi connectivity index (χ4n) is 2.42. The van der Waals surface area contributed by atoms with Crippen molar-refractivity contribution in [2.24, 2.45) is 0 Å². The summed E-state index contributed by atoms with van der Waals surface area (Å²) in [5, 5.41) is 4.79. The highest BCUT2D eigenvalue weighted by molar-refractivity contribution is 5.81. The van der Waals surface area contributed by atoms with Crippen molar-refractivity contribution in [1.29, 1.82) is 0 Å². The van der Waals surface area contributed by atoms with Gasteiger partial charge in [0.2, 0.25) is 0 Å². The van der Waals surface area contributed by atoms with E-state index in [9.17, 15) is 4.79 Å². The van der Waals surface area contributed by atoms with Crippen LogP contribution in [0.5, 0.6) is 0 Å². The molecule has 3 rings (SSSR count). The monoisotopic (exact) mass is 232 g/mol. The first-order valence-electron chi connectivity index (χ1n) is 6.09. The van der Waals surface area contributed by atoms with Crippen LogP contribution < -0.4 is 5.32 Å². The van der Waals surface area contributed by atoms with E-state index < -0.39 is 0 Å². The molecular weight excluding hydrogens is 216 g/mol. The molecule has 0 radical (unpaired) electrons. The molecular formula is C13H16N2O2. The van der Waals surface area contributed by atoms with Gasteiger partial charge in [-0.15, -0.1) is 0 Å². The van der Waals surface area contributed by atoms with E-state index in [1.54, 1.807) is 0 Å². The topological polar surface area (TPSA) is 41.6 Å². The molecule has 1 N–H and O–H groups in total. The van der Waals surface area contributed by atoms with Gasteiger partial charge in [0.05, 0.1) is 19.2 Å². The summed E-state index contributed by atoms with van der Waals surface area (Å²) in [6.07, 6.45) is 1.70. The standard InChI is InChI=1S/C13H16N2O2/c16-13(15-6-3-7-17-15)12-8-10-4-1-2-5-11(10)9-14-12/h1-2,4-5,12,14H,3,6-9H2/t12-/m1/s1. The summed E-state index contributed by atoms with van der Waals surface area (Å²) < 4.78 is 0. The fraction of sp³-hybridized carbons (Fsp3) is 0.462. The highest BCUT2D eigenvalue weighted by atomic mass is 16.7. The molecule has 2 aliphatic heterocycles. The summed E-state index contributed by atoms with van der Waals surface area (Å²) in [6.45, 7) is 2.15. The van der Waals surface area contributed by atoms with Gasteiger partial charge >= 0.3 is 0 Å². The van der Waals surface area contributed by atoms with Crippen molar-refractivity contribution in [2.75, 3.05) is 13.2 Å². The van der Waals surface area contributed by atoms with Crippen LogP contribution in [0, 0.1) is 0 Å². The zero-order chi connectivity index (χ0) is 11.7. The van der Waals surface area contributed by atoms with E-state index in [0.29, 0.717) is 6.61 Å². The van der Waals surface area contributed by atoms with Gasteiger partial charge in [-0.1, -0.05) is 24.3 Å². The SMILES string of the molecule is O=C([C@H]1Cc2ccccc2CN1)N1CCCO1. The van der Waals surface area contributed by atoms with Crippen LogP contribution in [0.4, 0.5) is 0 Å². The minimum Gasteiger partial charge on any atom is -0.301 e. The van der Waals surface area contributed by atoms with Gasteiger partial charge in [-0.2, -0.15) is 0 Å². The molecule has 90 valence electrons. The lowest BCUT2D eigenvalue weighted by molar-refractivity contribution is -0.171. The van der Waals surface area contributed by atoms with Crippen LogP contribution in [0.3, 0.4) is 0 Å². The van der Waals surface area contributed by atoms with E-state index in [1.165, 1.54) is 16.2 Å². The van der Waals surface area contributed by atoms with Crippen LogP contribution in [-0.2, 0) is 22.6 Å². The fourth-order valence-corrected chi connectivity index (χ4v) is 2.42. The van der Waals surface area contributed by atoms with Crippen molar-refractivity contribution in [3.05, 3.63) is 35.4 Å². The van der Waals surface area contributed by atoms with E-state index in [-0.39, 0.29) is 11.9 Å². The number of benzene rings is 1. The van der Waals surface area contributed by atoms with Crippen LogP contribution in [0.2, 0.25) is 0 Å². The molecule has 17 heavy (non-hydrogen) atoms. The Morgan fingerprint density at radius 1 is 1.35 bits per heavy atom. The van der Waals surface area contributed by atoms with Gasteiger partial charge < -0.3 is 5.32 Å². The number of nitrogens with one attached hydrogen (secondary N) is 1. The molecule has 0 bridgehead atoms. The van der Waals surface area contributed by atoms with Gasteiger partial charge in [0, 0.05) is 6.54 Å². The number of nitrogens with zero attached hydrogens (tertiary/aromatic N) is 1. The highest BCUT2D eigenvalue weighted by Gasteiger charge is 2.30. The Morgan fingerprint density at radius 2 is 2.18 bits per heavy atom. The second kappa shape index (κ2) is 4.47. The van der Waals surface area contributed by atoms with Crippen LogP contribution >= 0.6 is 0 Å². The quantitative estimate of drug-likeness (QED) is 0.781. The highest BCUT2D eigenvalue weighted by Crippen LogP contribution is 2.18. The van der Waals surface area contributed by atoms with Gasteiger partial charge in [-0.25, -0.2) is 5.06 Å². The number of carbonyl (C=O) groups is 1. The molecule has 4 heteroatoms. The summed E-state index contributed by atoms with van der Waals surface area (Å²) in [7, 11) is 0.